The molecule has 0 bridgehead atoms. The molecule has 0 saturated carbocycles. The standard InChI is InChI=1S/C20H22F2N2O2/c21-17-8-7-16(11-18(17)22)13-24-10-4-9-20(26,19(24)25)14-23-12-15-5-2-1-3-6-15/h1-3,5-8,11,23,26H,4,9-10,12-14H2/t20-/m1/s1. The maximum Gasteiger partial charge on any atom is 0.256 e. The highest BCUT2D eigenvalue weighted by molar-refractivity contribution is 5.86. The SMILES string of the molecule is O=C1N(Cc2ccc(F)c(F)c2)CCC[C@@]1(O)CNCc1ccccc1. The van der Waals surface area contributed by atoms with Crippen molar-refractivity contribution in [2.45, 2.75) is 31.5 Å². The summed E-state index contributed by atoms with van der Waals surface area (Å²) < 4.78 is 26.4. The Labute approximate surface area is 151 Å². The van der Waals surface area contributed by atoms with E-state index < -0.39 is 17.2 Å². The molecule has 2 aromatic rings. The molecule has 2 aromatic carbocycles. The lowest BCUT2D eigenvalue weighted by atomic mass is 9.91. The van der Waals surface area contributed by atoms with Crippen LogP contribution in [0.3, 0.4) is 0 Å². The Morgan fingerprint density at radius 3 is 2.58 bits per heavy atom. The fourth-order valence-electron chi connectivity index (χ4n) is 3.25. The van der Waals surface area contributed by atoms with Crippen molar-refractivity contribution in [1.82, 2.24) is 10.2 Å². The first-order chi connectivity index (χ1) is 12.5. The quantitative estimate of drug-likeness (QED) is 0.833. The van der Waals surface area contributed by atoms with Crippen molar-refractivity contribution in [2.24, 2.45) is 0 Å². The van der Waals surface area contributed by atoms with Gasteiger partial charge in [0.1, 0.15) is 0 Å². The summed E-state index contributed by atoms with van der Waals surface area (Å²) >= 11 is 0. The van der Waals surface area contributed by atoms with Gasteiger partial charge in [0.2, 0.25) is 0 Å². The number of carbonyl (C=O) groups is 1. The third-order valence-electron chi connectivity index (χ3n) is 4.65. The average Bonchev–Trinajstić information content (AvgIpc) is 2.63. The van der Waals surface area contributed by atoms with E-state index in [1.54, 1.807) is 0 Å². The van der Waals surface area contributed by atoms with Crippen LogP contribution in [0.4, 0.5) is 8.78 Å². The Kier molecular flexibility index (Phi) is 5.64. The van der Waals surface area contributed by atoms with Crippen molar-refractivity contribution in [3.8, 4) is 0 Å². The van der Waals surface area contributed by atoms with Crippen LogP contribution in [0, 0.1) is 11.6 Å². The molecule has 3 rings (SSSR count). The van der Waals surface area contributed by atoms with Crippen LogP contribution in [0.5, 0.6) is 0 Å². The molecule has 2 N–H and O–H groups in total. The zero-order chi connectivity index (χ0) is 18.6. The minimum absolute atomic E-state index is 0.148. The number of nitrogens with one attached hydrogen (secondary N) is 1. The van der Waals surface area contributed by atoms with Crippen molar-refractivity contribution in [1.29, 1.82) is 0 Å². The summed E-state index contributed by atoms with van der Waals surface area (Å²) in [4.78, 5) is 14.2. The molecule has 0 unspecified atom stereocenters. The summed E-state index contributed by atoms with van der Waals surface area (Å²) in [5.41, 5.74) is 0.0859. The summed E-state index contributed by atoms with van der Waals surface area (Å²) in [6.45, 7) is 1.34. The molecule has 0 radical (unpaired) electrons. The first-order valence-electron chi connectivity index (χ1n) is 8.68. The van der Waals surface area contributed by atoms with Crippen molar-refractivity contribution in [2.75, 3.05) is 13.1 Å². The third-order valence-corrected chi connectivity index (χ3v) is 4.65. The van der Waals surface area contributed by atoms with Crippen molar-refractivity contribution < 1.29 is 18.7 Å². The number of nitrogens with zero attached hydrogens (tertiary/aromatic N) is 1. The molecule has 0 aliphatic carbocycles. The lowest BCUT2D eigenvalue weighted by Crippen LogP contribution is -2.57. The van der Waals surface area contributed by atoms with E-state index in [4.69, 9.17) is 0 Å². The lowest BCUT2D eigenvalue weighted by molar-refractivity contribution is -0.157. The highest BCUT2D eigenvalue weighted by Crippen LogP contribution is 2.24. The molecular weight excluding hydrogens is 338 g/mol. The molecule has 1 atom stereocenters. The van der Waals surface area contributed by atoms with Gasteiger partial charge in [0.05, 0.1) is 0 Å². The first-order valence-corrected chi connectivity index (χ1v) is 8.68. The van der Waals surface area contributed by atoms with Gasteiger partial charge >= 0.3 is 0 Å². The van der Waals surface area contributed by atoms with E-state index in [9.17, 15) is 18.7 Å². The van der Waals surface area contributed by atoms with Gasteiger partial charge in [0.25, 0.3) is 5.91 Å². The van der Waals surface area contributed by atoms with E-state index >= 15 is 0 Å². The molecule has 1 aliphatic rings. The number of amides is 1. The Bertz CT molecular complexity index is 770. The van der Waals surface area contributed by atoms with Gasteiger partial charge in [0, 0.05) is 26.2 Å². The Morgan fingerprint density at radius 2 is 1.85 bits per heavy atom. The molecule has 1 aliphatic heterocycles. The highest BCUT2D eigenvalue weighted by Gasteiger charge is 2.41. The number of piperidine rings is 1. The maximum atomic E-state index is 13.4. The summed E-state index contributed by atoms with van der Waals surface area (Å²) in [7, 11) is 0. The molecule has 138 valence electrons. The van der Waals surface area contributed by atoms with E-state index in [1.807, 2.05) is 30.3 Å². The van der Waals surface area contributed by atoms with E-state index in [1.165, 1.54) is 11.0 Å². The first kappa shape index (κ1) is 18.5. The fraction of sp³-hybridized carbons (Fsp3) is 0.350. The van der Waals surface area contributed by atoms with Gasteiger partial charge in [-0.05, 0) is 36.1 Å². The number of hydrogen-bond donors (Lipinski definition) is 2. The Hall–Kier alpha value is -2.31. The predicted molar refractivity (Wildman–Crippen MR) is 94.1 cm³/mol. The molecule has 26 heavy (non-hydrogen) atoms. The number of rotatable bonds is 6. The van der Waals surface area contributed by atoms with Crippen LogP contribution in [0.15, 0.2) is 48.5 Å². The largest absolute Gasteiger partial charge is 0.379 e. The van der Waals surface area contributed by atoms with Crippen LogP contribution in [-0.4, -0.2) is 34.6 Å². The Balaban J connectivity index is 1.61. The number of benzene rings is 2. The average molecular weight is 360 g/mol. The monoisotopic (exact) mass is 360 g/mol. The topological polar surface area (TPSA) is 52.6 Å². The molecule has 6 heteroatoms. The van der Waals surface area contributed by atoms with Crippen LogP contribution in [0.2, 0.25) is 0 Å². The lowest BCUT2D eigenvalue weighted by Gasteiger charge is -2.38. The van der Waals surface area contributed by atoms with Gasteiger partial charge in [-0.15, -0.1) is 0 Å². The molecule has 1 heterocycles. The van der Waals surface area contributed by atoms with Crippen molar-refractivity contribution in [3.63, 3.8) is 0 Å². The fourth-order valence-corrected chi connectivity index (χ4v) is 3.25. The van der Waals surface area contributed by atoms with Crippen LogP contribution in [0.1, 0.15) is 24.0 Å². The normalized spacial score (nSPS) is 20.4. The van der Waals surface area contributed by atoms with Gasteiger partial charge in [0.15, 0.2) is 17.2 Å². The Morgan fingerprint density at radius 1 is 1.08 bits per heavy atom. The summed E-state index contributed by atoms with van der Waals surface area (Å²) in [5.74, 6) is -2.24. The van der Waals surface area contributed by atoms with Crippen LogP contribution in [-0.2, 0) is 17.9 Å². The van der Waals surface area contributed by atoms with Gasteiger partial charge in [-0.25, -0.2) is 8.78 Å². The van der Waals surface area contributed by atoms with Crippen molar-refractivity contribution >= 4 is 5.91 Å². The second kappa shape index (κ2) is 7.93. The smallest absolute Gasteiger partial charge is 0.256 e. The van der Waals surface area contributed by atoms with Gasteiger partial charge < -0.3 is 15.3 Å². The van der Waals surface area contributed by atoms with Gasteiger partial charge in [-0.2, -0.15) is 0 Å². The van der Waals surface area contributed by atoms with Crippen molar-refractivity contribution in [3.05, 3.63) is 71.3 Å². The minimum Gasteiger partial charge on any atom is -0.379 e. The van der Waals surface area contributed by atoms with Crippen LogP contribution >= 0.6 is 0 Å². The number of carbonyl (C=O) groups excluding carboxylic acids is 1. The van der Waals surface area contributed by atoms with E-state index in [-0.39, 0.29) is 19.0 Å². The van der Waals surface area contributed by atoms with Gasteiger partial charge in [-0.3, -0.25) is 4.79 Å². The second-order valence-corrected chi connectivity index (χ2v) is 6.70. The molecule has 1 fully saturated rings. The molecular formula is C20H22F2N2O2. The van der Waals surface area contributed by atoms with E-state index in [2.05, 4.69) is 5.32 Å². The molecule has 0 aromatic heterocycles. The third kappa shape index (κ3) is 4.26. The molecule has 0 spiro atoms. The van der Waals surface area contributed by atoms with Crippen LogP contribution < -0.4 is 5.32 Å². The molecule has 1 saturated heterocycles. The number of hydrogen-bond acceptors (Lipinski definition) is 3. The zero-order valence-electron chi connectivity index (χ0n) is 14.4. The summed E-state index contributed by atoms with van der Waals surface area (Å²) in [6, 6.07) is 13.3. The molecule has 1 amide bonds. The number of aliphatic hydroxyl groups is 1. The van der Waals surface area contributed by atoms with E-state index in [0.29, 0.717) is 31.5 Å². The predicted octanol–water partition coefficient (Wildman–Crippen LogP) is 2.61. The van der Waals surface area contributed by atoms with Gasteiger partial charge in [-0.1, -0.05) is 36.4 Å². The highest BCUT2D eigenvalue weighted by atomic mass is 19.2. The number of likely N-dealkylation sites (tertiary alicyclic amines) is 1. The summed E-state index contributed by atoms with van der Waals surface area (Å²) in [5, 5.41) is 13.9. The zero-order valence-corrected chi connectivity index (χ0v) is 14.4. The van der Waals surface area contributed by atoms with E-state index in [0.717, 1.165) is 17.7 Å². The summed E-state index contributed by atoms with van der Waals surface area (Å²) in [6.07, 6.45) is 1.03. The second-order valence-electron chi connectivity index (χ2n) is 6.70. The maximum absolute atomic E-state index is 13.4. The molecule has 4 nitrogen and oxygen atoms in total. The number of halogens is 2. The minimum atomic E-state index is -1.48. The van der Waals surface area contributed by atoms with Crippen LogP contribution in [0.25, 0.3) is 0 Å².